The number of methoxy groups -OCH3 is 2. The van der Waals surface area contributed by atoms with Gasteiger partial charge in [0, 0.05) is 6.54 Å². The number of hydrogen-bond acceptors (Lipinski definition) is 6. The van der Waals surface area contributed by atoms with E-state index in [1.165, 1.54) is 20.1 Å². The molecule has 8 heteroatoms. The molecular formula is C22H26BrNO6. The Hall–Kier alpha value is -2.74. The lowest BCUT2D eigenvalue weighted by Gasteiger charge is -2.16. The average Bonchev–Trinajstić information content (AvgIpc) is 2.75. The Bertz CT molecular complexity index is 869. The molecule has 0 bridgehead atoms. The van der Waals surface area contributed by atoms with E-state index in [0.29, 0.717) is 35.5 Å². The summed E-state index contributed by atoms with van der Waals surface area (Å²) < 4.78 is 21.8. The zero-order chi connectivity index (χ0) is 22.1. The number of hydrogen-bond donors (Lipinski definition) is 1. The van der Waals surface area contributed by atoms with E-state index >= 15 is 0 Å². The molecule has 0 spiro atoms. The second-order valence-corrected chi connectivity index (χ2v) is 7.21. The monoisotopic (exact) mass is 479 g/mol. The van der Waals surface area contributed by atoms with Crippen LogP contribution in [0.3, 0.4) is 0 Å². The van der Waals surface area contributed by atoms with E-state index < -0.39 is 12.1 Å². The van der Waals surface area contributed by atoms with Gasteiger partial charge in [-0.15, -0.1) is 0 Å². The number of rotatable bonds is 10. The first-order valence-corrected chi connectivity index (χ1v) is 10.3. The lowest BCUT2D eigenvalue weighted by molar-refractivity contribution is -0.129. The van der Waals surface area contributed by atoms with Gasteiger partial charge in [0.15, 0.2) is 17.6 Å². The van der Waals surface area contributed by atoms with Gasteiger partial charge in [-0.05, 0) is 66.0 Å². The van der Waals surface area contributed by atoms with E-state index in [9.17, 15) is 9.59 Å². The molecular weight excluding hydrogens is 454 g/mol. The molecule has 1 atom stereocenters. The Labute approximate surface area is 184 Å². The molecule has 0 fully saturated rings. The maximum Gasteiger partial charge on any atom is 0.339 e. The fraction of sp³-hybridized carbons (Fsp3) is 0.364. The molecule has 30 heavy (non-hydrogen) atoms. The maximum atomic E-state index is 12.5. The molecule has 0 aliphatic rings. The number of benzene rings is 2. The fourth-order valence-corrected chi connectivity index (χ4v) is 3.23. The van der Waals surface area contributed by atoms with E-state index in [2.05, 4.69) is 21.2 Å². The molecule has 7 nitrogen and oxygen atoms in total. The predicted octanol–water partition coefficient (Wildman–Crippen LogP) is 3.77. The van der Waals surface area contributed by atoms with Gasteiger partial charge in [-0.3, -0.25) is 4.79 Å². The minimum atomic E-state index is -0.940. The third-order valence-corrected chi connectivity index (χ3v) is 4.87. The van der Waals surface area contributed by atoms with Crippen LogP contribution < -0.4 is 19.5 Å². The normalized spacial score (nSPS) is 11.4. The molecule has 1 unspecified atom stereocenters. The molecule has 2 aromatic rings. The number of carbonyl (C=O) groups is 2. The van der Waals surface area contributed by atoms with Crippen molar-refractivity contribution in [1.29, 1.82) is 0 Å². The third-order valence-electron chi connectivity index (χ3n) is 4.28. The number of amides is 1. The molecule has 0 heterocycles. The molecule has 0 aliphatic heterocycles. The molecule has 0 radical (unpaired) electrons. The van der Waals surface area contributed by atoms with Gasteiger partial charge in [0.1, 0.15) is 5.75 Å². The SMILES string of the molecule is CCOc1c(Br)cc(C(=O)OC(C)C(=O)NCCc2ccc(OC)cc2)cc1OC. The molecule has 1 amide bonds. The highest BCUT2D eigenvalue weighted by molar-refractivity contribution is 9.10. The standard InChI is InChI=1S/C22H26BrNO6/c1-5-29-20-18(23)12-16(13-19(20)28-4)22(26)30-14(2)21(25)24-11-10-15-6-8-17(27-3)9-7-15/h6-9,12-14H,5,10-11H2,1-4H3,(H,24,25). The smallest absolute Gasteiger partial charge is 0.339 e. The quantitative estimate of drug-likeness (QED) is 0.522. The molecule has 0 saturated carbocycles. The van der Waals surface area contributed by atoms with Crippen LogP contribution in [0, 0.1) is 0 Å². The van der Waals surface area contributed by atoms with Crippen molar-refractivity contribution < 1.29 is 28.5 Å². The zero-order valence-electron chi connectivity index (χ0n) is 17.5. The predicted molar refractivity (Wildman–Crippen MR) is 116 cm³/mol. The first-order valence-electron chi connectivity index (χ1n) is 9.51. The fourth-order valence-electron chi connectivity index (χ4n) is 2.67. The molecule has 0 aromatic heterocycles. The van der Waals surface area contributed by atoms with Crippen molar-refractivity contribution in [3.05, 3.63) is 52.0 Å². The van der Waals surface area contributed by atoms with Crippen LogP contribution in [-0.2, 0) is 16.0 Å². The molecule has 0 saturated heterocycles. The van der Waals surface area contributed by atoms with E-state index in [0.717, 1.165) is 11.3 Å². The van der Waals surface area contributed by atoms with Gasteiger partial charge in [0.05, 0.1) is 30.9 Å². The van der Waals surface area contributed by atoms with E-state index in [1.807, 2.05) is 31.2 Å². The van der Waals surface area contributed by atoms with Crippen LogP contribution in [0.5, 0.6) is 17.2 Å². The summed E-state index contributed by atoms with van der Waals surface area (Å²) in [5.74, 6) is 0.681. The minimum absolute atomic E-state index is 0.250. The van der Waals surface area contributed by atoms with Crippen LogP contribution in [0.15, 0.2) is 40.9 Å². The summed E-state index contributed by atoms with van der Waals surface area (Å²) in [6.07, 6.45) is -0.288. The second-order valence-electron chi connectivity index (χ2n) is 6.36. The van der Waals surface area contributed by atoms with Crippen LogP contribution in [0.25, 0.3) is 0 Å². The zero-order valence-corrected chi connectivity index (χ0v) is 19.1. The number of esters is 1. The van der Waals surface area contributed by atoms with E-state index in [4.69, 9.17) is 18.9 Å². The highest BCUT2D eigenvalue weighted by Gasteiger charge is 2.21. The van der Waals surface area contributed by atoms with Gasteiger partial charge in [-0.1, -0.05) is 12.1 Å². The number of nitrogens with one attached hydrogen (secondary N) is 1. The second kappa shape index (κ2) is 11.4. The highest BCUT2D eigenvalue weighted by Crippen LogP contribution is 2.36. The van der Waals surface area contributed by atoms with E-state index in [-0.39, 0.29) is 11.5 Å². The third kappa shape index (κ3) is 6.38. The first-order chi connectivity index (χ1) is 14.4. The van der Waals surface area contributed by atoms with Crippen LogP contribution in [0.4, 0.5) is 0 Å². The summed E-state index contributed by atoms with van der Waals surface area (Å²) in [6, 6.07) is 10.7. The molecule has 2 aromatic carbocycles. The molecule has 0 aliphatic carbocycles. The first kappa shape index (κ1) is 23.5. The topological polar surface area (TPSA) is 83.1 Å². The van der Waals surface area contributed by atoms with E-state index in [1.54, 1.807) is 13.2 Å². The Balaban J connectivity index is 1.91. The average molecular weight is 480 g/mol. The van der Waals surface area contributed by atoms with Crippen LogP contribution in [-0.4, -0.2) is 45.4 Å². The van der Waals surface area contributed by atoms with Crippen LogP contribution >= 0.6 is 15.9 Å². The Morgan fingerprint density at radius 1 is 1.10 bits per heavy atom. The summed E-state index contributed by atoms with van der Waals surface area (Å²) >= 11 is 3.37. The lowest BCUT2D eigenvalue weighted by Crippen LogP contribution is -2.36. The van der Waals surface area contributed by atoms with Gasteiger partial charge >= 0.3 is 5.97 Å². The van der Waals surface area contributed by atoms with Gasteiger partial charge in [0.2, 0.25) is 0 Å². The number of carbonyl (C=O) groups excluding carboxylic acids is 2. The minimum Gasteiger partial charge on any atom is -0.497 e. The molecule has 162 valence electrons. The van der Waals surface area contributed by atoms with Crippen molar-refractivity contribution >= 4 is 27.8 Å². The highest BCUT2D eigenvalue weighted by atomic mass is 79.9. The Morgan fingerprint density at radius 3 is 2.40 bits per heavy atom. The van der Waals surface area contributed by atoms with Gasteiger partial charge in [-0.25, -0.2) is 4.79 Å². The summed E-state index contributed by atoms with van der Waals surface area (Å²) in [7, 11) is 3.10. The van der Waals surface area contributed by atoms with Crippen molar-refractivity contribution in [1.82, 2.24) is 5.32 Å². The maximum absolute atomic E-state index is 12.5. The molecule has 1 N–H and O–H groups in total. The van der Waals surface area contributed by atoms with Crippen LogP contribution in [0.1, 0.15) is 29.8 Å². The summed E-state index contributed by atoms with van der Waals surface area (Å²) in [4.78, 5) is 24.7. The molecule has 2 rings (SSSR count). The summed E-state index contributed by atoms with van der Waals surface area (Å²) in [5.41, 5.74) is 1.31. The lowest BCUT2D eigenvalue weighted by atomic mass is 10.1. The number of ether oxygens (including phenoxy) is 4. The van der Waals surface area contributed by atoms with Crippen molar-refractivity contribution in [2.75, 3.05) is 27.4 Å². The Morgan fingerprint density at radius 2 is 1.80 bits per heavy atom. The Kier molecular flexibility index (Phi) is 8.98. The van der Waals surface area contributed by atoms with Crippen molar-refractivity contribution in [3.63, 3.8) is 0 Å². The van der Waals surface area contributed by atoms with Crippen molar-refractivity contribution in [3.8, 4) is 17.2 Å². The van der Waals surface area contributed by atoms with Crippen molar-refractivity contribution in [2.24, 2.45) is 0 Å². The van der Waals surface area contributed by atoms with Gasteiger partial charge < -0.3 is 24.3 Å². The summed E-state index contributed by atoms with van der Waals surface area (Å²) in [5, 5.41) is 2.77. The number of halogens is 1. The van der Waals surface area contributed by atoms with Crippen molar-refractivity contribution in [2.45, 2.75) is 26.4 Å². The summed E-state index contributed by atoms with van der Waals surface area (Å²) in [6.45, 7) is 4.26. The largest absolute Gasteiger partial charge is 0.497 e. The van der Waals surface area contributed by atoms with Gasteiger partial charge in [0.25, 0.3) is 5.91 Å². The van der Waals surface area contributed by atoms with Gasteiger partial charge in [-0.2, -0.15) is 0 Å². The van der Waals surface area contributed by atoms with Crippen LogP contribution in [0.2, 0.25) is 0 Å².